The van der Waals surface area contributed by atoms with Crippen LogP contribution in [0.2, 0.25) is 0 Å². The molecular weight excluding hydrogens is 359 g/mol. The van der Waals surface area contributed by atoms with Gasteiger partial charge in [0.15, 0.2) is 12.1 Å². The molecule has 1 rings (SSSR count). The second kappa shape index (κ2) is 5.02. The van der Waals surface area contributed by atoms with Crippen LogP contribution < -0.4 is 0 Å². The van der Waals surface area contributed by atoms with E-state index in [0.717, 1.165) is 15.4 Å². The van der Waals surface area contributed by atoms with E-state index in [1.54, 1.807) is 0 Å². The number of hydrogen-bond donors (Lipinski definition) is 0. The molecule has 0 atom stereocenters. The number of aldehydes is 1. The zero-order chi connectivity index (χ0) is 10.7. The van der Waals surface area contributed by atoms with Gasteiger partial charge >= 0.3 is 0 Å². The lowest BCUT2D eigenvalue weighted by Crippen LogP contribution is -2.08. The van der Waals surface area contributed by atoms with E-state index in [1.165, 1.54) is 0 Å². The van der Waals surface area contributed by atoms with E-state index < -0.39 is 0 Å². The summed E-state index contributed by atoms with van der Waals surface area (Å²) in [5, 5.41) is 0.243. The topological polar surface area (TPSA) is 34.1 Å². The molecule has 0 aliphatic heterocycles. The molecule has 0 bridgehead atoms. The Bertz CT molecular complexity index is 388. The van der Waals surface area contributed by atoms with Crippen molar-refractivity contribution in [2.24, 2.45) is 0 Å². The summed E-state index contributed by atoms with van der Waals surface area (Å²) in [6.45, 7) is 1.82. The quantitative estimate of drug-likeness (QED) is 0.356. The van der Waals surface area contributed by atoms with Gasteiger partial charge in [-0.15, -0.1) is 0 Å². The second-order valence-corrected chi connectivity index (χ2v) is 4.55. The second-order valence-electron chi connectivity index (χ2n) is 2.83. The molecule has 0 amide bonds. The molecule has 0 aliphatic rings. The highest BCUT2D eigenvalue weighted by atomic mass is 127. The Hall–Kier alpha value is -0.230. The van der Waals surface area contributed by atoms with Crippen LogP contribution >= 0.6 is 38.5 Å². The normalized spacial score (nSPS) is 9.93. The summed E-state index contributed by atoms with van der Waals surface area (Å²) < 4.78 is 0.819. The number of aryl methyl sites for hydroxylation is 1. The predicted molar refractivity (Wildman–Crippen MR) is 67.4 cm³/mol. The van der Waals surface area contributed by atoms with Gasteiger partial charge in [-0.3, -0.25) is 9.59 Å². The lowest BCUT2D eigenvalue weighted by molar-refractivity contribution is 0.101. The Morgan fingerprint density at radius 1 is 1.57 bits per heavy atom. The van der Waals surface area contributed by atoms with Gasteiger partial charge in [0.25, 0.3) is 0 Å². The smallest absolute Gasteiger partial charge is 0.175 e. The summed E-state index contributed by atoms with van der Waals surface area (Å²) in [5.74, 6) is -0.0554. The third-order valence-electron chi connectivity index (χ3n) is 1.93. The van der Waals surface area contributed by atoms with Crippen molar-refractivity contribution in [1.82, 2.24) is 0 Å². The molecule has 0 heterocycles. The molecule has 1 aromatic rings. The van der Waals surface area contributed by atoms with E-state index in [9.17, 15) is 9.59 Å². The number of carbonyl (C=O) groups is 2. The van der Waals surface area contributed by atoms with Crippen molar-refractivity contribution in [1.29, 1.82) is 0 Å². The summed E-state index contributed by atoms with van der Waals surface area (Å²) in [6, 6.07) is 3.69. The molecule has 0 spiro atoms. The van der Waals surface area contributed by atoms with Crippen LogP contribution in [0.4, 0.5) is 0 Å². The SMILES string of the molecule is Cc1ccc(I)c(C(=O)CBr)c1C=O. The van der Waals surface area contributed by atoms with Crippen LogP contribution in [0.5, 0.6) is 0 Å². The van der Waals surface area contributed by atoms with Gasteiger partial charge in [-0.1, -0.05) is 22.0 Å². The van der Waals surface area contributed by atoms with Crippen LogP contribution in [0.3, 0.4) is 0 Å². The molecule has 4 heteroatoms. The molecular formula is C10H8BrIO2. The highest BCUT2D eigenvalue weighted by Gasteiger charge is 2.15. The van der Waals surface area contributed by atoms with Crippen molar-refractivity contribution in [3.05, 3.63) is 32.4 Å². The average molecular weight is 367 g/mol. The maximum absolute atomic E-state index is 11.6. The van der Waals surface area contributed by atoms with Crippen LogP contribution in [-0.2, 0) is 0 Å². The maximum atomic E-state index is 11.6. The minimum Gasteiger partial charge on any atom is -0.298 e. The fraction of sp³-hybridized carbons (Fsp3) is 0.200. The molecule has 0 saturated heterocycles. The van der Waals surface area contributed by atoms with Crippen molar-refractivity contribution in [2.45, 2.75) is 6.92 Å². The summed E-state index contributed by atoms with van der Waals surface area (Å²) in [4.78, 5) is 22.4. The van der Waals surface area contributed by atoms with E-state index in [0.29, 0.717) is 11.1 Å². The zero-order valence-electron chi connectivity index (χ0n) is 7.51. The van der Waals surface area contributed by atoms with Crippen molar-refractivity contribution >= 4 is 50.6 Å². The molecule has 1 aromatic carbocycles. The number of rotatable bonds is 3. The van der Waals surface area contributed by atoms with Crippen molar-refractivity contribution in [3.63, 3.8) is 0 Å². The average Bonchev–Trinajstić information content (AvgIpc) is 2.19. The fourth-order valence-electron chi connectivity index (χ4n) is 1.20. The lowest BCUT2D eigenvalue weighted by Gasteiger charge is -2.07. The summed E-state index contributed by atoms with van der Waals surface area (Å²) in [6.07, 6.45) is 0.743. The predicted octanol–water partition coefficient (Wildman–Crippen LogP) is 2.99. The third kappa shape index (κ3) is 2.23. The van der Waals surface area contributed by atoms with Gasteiger partial charge in [-0.05, 0) is 41.1 Å². The van der Waals surface area contributed by atoms with Crippen molar-refractivity contribution < 1.29 is 9.59 Å². The molecule has 0 radical (unpaired) electrons. The van der Waals surface area contributed by atoms with Crippen molar-refractivity contribution in [2.75, 3.05) is 5.33 Å². The highest BCUT2D eigenvalue weighted by Crippen LogP contribution is 2.20. The fourth-order valence-corrected chi connectivity index (χ4v) is 2.25. The van der Waals surface area contributed by atoms with Gasteiger partial charge in [-0.25, -0.2) is 0 Å². The highest BCUT2D eigenvalue weighted by molar-refractivity contribution is 14.1. The Balaban J connectivity index is 3.44. The van der Waals surface area contributed by atoms with Crippen LogP contribution in [0.15, 0.2) is 12.1 Å². The number of ketones is 1. The molecule has 0 saturated carbocycles. The van der Waals surface area contributed by atoms with E-state index in [4.69, 9.17) is 0 Å². The number of benzene rings is 1. The van der Waals surface area contributed by atoms with Crippen LogP contribution in [-0.4, -0.2) is 17.4 Å². The van der Waals surface area contributed by atoms with Gasteiger partial charge in [0.1, 0.15) is 0 Å². The number of hydrogen-bond acceptors (Lipinski definition) is 2. The van der Waals surface area contributed by atoms with Crippen LogP contribution in [0, 0.1) is 10.5 Å². The van der Waals surface area contributed by atoms with Crippen LogP contribution in [0.1, 0.15) is 26.3 Å². The maximum Gasteiger partial charge on any atom is 0.175 e. The Morgan fingerprint density at radius 2 is 2.21 bits per heavy atom. The van der Waals surface area contributed by atoms with E-state index >= 15 is 0 Å². The molecule has 2 nitrogen and oxygen atoms in total. The first-order chi connectivity index (χ1) is 6.61. The summed E-state index contributed by atoms with van der Waals surface area (Å²) >= 11 is 5.17. The number of carbonyl (C=O) groups excluding carboxylic acids is 2. The van der Waals surface area contributed by atoms with E-state index in [2.05, 4.69) is 38.5 Å². The van der Waals surface area contributed by atoms with Gasteiger partial charge in [0.05, 0.1) is 5.33 Å². The van der Waals surface area contributed by atoms with E-state index in [-0.39, 0.29) is 11.1 Å². The molecule has 0 aromatic heterocycles. The standard InChI is InChI=1S/C10H8BrIO2/c1-6-2-3-8(12)10(7(6)5-13)9(14)4-11/h2-3,5H,4H2,1H3. The van der Waals surface area contributed by atoms with Gasteiger partial charge in [-0.2, -0.15) is 0 Å². The molecule has 0 unspecified atom stereocenters. The third-order valence-corrected chi connectivity index (χ3v) is 3.34. The number of alkyl halides is 1. The minimum absolute atomic E-state index is 0.0554. The zero-order valence-corrected chi connectivity index (χ0v) is 11.3. The first-order valence-electron chi connectivity index (χ1n) is 3.95. The Labute approximate surface area is 104 Å². The first-order valence-corrected chi connectivity index (χ1v) is 6.15. The number of Topliss-reactive ketones (excluding diaryl/α,β-unsaturated/α-hetero) is 1. The molecule has 74 valence electrons. The summed E-state index contributed by atoms with van der Waals surface area (Å²) in [7, 11) is 0. The molecule has 0 aliphatic carbocycles. The number of halogens is 2. The Kier molecular flexibility index (Phi) is 4.25. The van der Waals surface area contributed by atoms with Crippen LogP contribution in [0.25, 0.3) is 0 Å². The van der Waals surface area contributed by atoms with Gasteiger partial charge in [0, 0.05) is 14.7 Å². The first kappa shape index (κ1) is 11.8. The summed E-state index contributed by atoms with van der Waals surface area (Å²) in [5.41, 5.74) is 1.86. The van der Waals surface area contributed by atoms with Gasteiger partial charge in [0.2, 0.25) is 0 Å². The van der Waals surface area contributed by atoms with Gasteiger partial charge < -0.3 is 0 Å². The molecule has 14 heavy (non-hydrogen) atoms. The largest absolute Gasteiger partial charge is 0.298 e. The molecule has 0 fully saturated rings. The Morgan fingerprint density at radius 3 is 2.71 bits per heavy atom. The molecule has 0 N–H and O–H groups in total. The van der Waals surface area contributed by atoms with Crippen molar-refractivity contribution in [3.8, 4) is 0 Å². The lowest BCUT2D eigenvalue weighted by atomic mass is 10.0. The minimum atomic E-state index is -0.0554. The van der Waals surface area contributed by atoms with E-state index in [1.807, 2.05) is 19.1 Å². The monoisotopic (exact) mass is 366 g/mol.